The molecule has 2 heterocycles. The highest BCUT2D eigenvalue weighted by atomic mass is 35.5. The first-order valence-electron chi connectivity index (χ1n) is 7.65. The van der Waals surface area contributed by atoms with Crippen LogP contribution in [-0.4, -0.2) is 15.5 Å². The summed E-state index contributed by atoms with van der Waals surface area (Å²) < 4.78 is 20.5. The van der Waals surface area contributed by atoms with Crippen molar-refractivity contribution in [2.45, 2.75) is 6.54 Å². The lowest BCUT2D eigenvalue weighted by Gasteiger charge is -2.08. The first-order chi connectivity index (χ1) is 12.5. The van der Waals surface area contributed by atoms with Crippen molar-refractivity contribution < 1.29 is 13.6 Å². The van der Waals surface area contributed by atoms with Crippen LogP contribution in [0.4, 0.5) is 10.1 Å². The molecule has 1 N–H and O–H groups in total. The number of nitrogens with one attached hydrogen (secondary N) is 1. The Labute approximate surface area is 150 Å². The van der Waals surface area contributed by atoms with Crippen molar-refractivity contribution in [2.24, 2.45) is 0 Å². The largest absolute Gasteiger partial charge is 0.448 e. The predicted octanol–water partition coefficient (Wildman–Crippen LogP) is 3.57. The van der Waals surface area contributed by atoms with Gasteiger partial charge in [0, 0.05) is 5.39 Å². The Balaban J connectivity index is 1.66. The Bertz CT molecular complexity index is 1220. The van der Waals surface area contributed by atoms with Gasteiger partial charge in [0.1, 0.15) is 17.6 Å². The fraction of sp³-hybridized carbons (Fsp3) is 0.0556. The van der Waals surface area contributed by atoms with Crippen LogP contribution >= 0.6 is 11.6 Å². The number of carbonyl (C=O) groups is 1. The Morgan fingerprint density at radius 3 is 2.88 bits per heavy atom. The van der Waals surface area contributed by atoms with E-state index in [4.69, 9.17) is 16.0 Å². The second-order valence-electron chi connectivity index (χ2n) is 5.60. The molecule has 0 fully saturated rings. The molecule has 0 spiro atoms. The molecule has 0 bridgehead atoms. The van der Waals surface area contributed by atoms with Gasteiger partial charge in [0.15, 0.2) is 5.82 Å². The molecule has 0 aliphatic carbocycles. The number of benzene rings is 2. The van der Waals surface area contributed by atoms with E-state index >= 15 is 0 Å². The van der Waals surface area contributed by atoms with Gasteiger partial charge in [-0.1, -0.05) is 29.8 Å². The Kier molecular flexibility index (Phi) is 3.93. The van der Waals surface area contributed by atoms with E-state index in [-0.39, 0.29) is 22.8 Å². The zero-order valence-corrected chi connectivity index (χ0v) is 14.0. The molecule has 0 radical (unpaired) electrons. The molecular weight excluding hydrogens is 361 g/mol. The summed E-state index contributed by atoms with van der Waals surface area (Å²) in [5.41, 5.74) is 0.482. The van der Waals surface area contributed by atoms with E-state index in [1.807, 2.05) is 6.07 Å². The summed E-state index contributed by atoms with van der Waals surface area (Å²) in [7, 11) is 0. The highest BCUT2D eigenvalue weighted by Crippen LogP contribution is 2.24. The van der Waals surface area contributed by atoms with Crippen molar-refractivity contribution in [3.63, 3.8) is 0 Å². The van der Waals surface area contributed by atoms with Crippen molar-refractivity contribution in [1.29, 1.82) is 0 Å². The number of amides is 1. The Morgan fingerprint density at radius 1 is 1.23 bits per heavy atom. The molecule has 2 aromatic carbocycles. The summed E-state index contributed by atoms with van der Waals surface area (Å²) in [6.07, 6.45) is 1.26. The summed E-state index contributed by atoms with van der Waals surface area (Å²) in [4.78, 5) is 28.9. The van der Waals surface area contributed by atoms with Crippen LogP contribution in [0, 0.1) is 5.82 Å². The number of anilines is 1. The number of hydrogen-bond donors (Lipinski definition) is 1. The van der Waals surface area contributed by atoms with Gasteiger partial charge in [-0.25, -0.2) is 9.37 Å². The Hall–Kier alpha value is -3.19. The zero-order valence-electron chi connectivity index (χ0n) is 13.2. The van der Waals surface area contributed by atoms with Gasteiger partial charge in [0.25, 0.3) is 5.56 Å². The first kappa shape index (κ1) is 16.3. The van der Waals surface area contributed by atoms with Crippen LogP contribution in [-0.2, 0) is 11.3 Å². The molecule has 4 rings (SSSR count). The van der Waals surface area contributed by atoms with Crippen LogP contribution in [0.25, 0.3) is 22.1 Å². The molecule has 1 amide bonds. The van der Waals surface area contributed by atoms with E-state index in [1.165, 1.54) is 24.5 Å². The Morgan fingerprint density at radius 2 is 2.04 bits per heavy atom. The molecular formula is C18H11ClFN3O3. The standard InChI is InChI=1S/C18H11ClFN3O3/c19-11-5-3-6-12(15(11)20)22-14(24)8-23-9-21-16-10-4-1-2-7-13(10)26-17(16)18(23)25/h1-7,9H,8H2,(H,22,24). The van der Waals surface area contributed by atoms with Gasteiger partial charge >= 0.3 is 0 Å². The van der Waals surface area contributed by atoms with Gasteiger partial charge in [0.05, 0.1) is 17.0 Å². The highest BCUT2D eigenvalue weighted by Gasteiger charge is 2.15. The average Bonchev–Trinajstić information content (AvgIpc) is 3.01. The fourth-order valence-corrected chi connectivity index (χ4v) is 2.85. The topological polar surface area (TPSA) is 77.1 Å². The molecule has 2 aromatic heterocycles. The molecule has 8 heteroatoms. The molecule has 0 atom stereocenters. The molecule has 0 aliphatic heterocycles. The van der Waals surface area contributed by atoms with E-state index in [1.54, 1.807) is 18.2 Å². The van der Waals surface area contributed by atoms with Gasteiger partial charge in [-0.2, -0.15) is 0 Å². The predicted molar refractivity (Wildman–Crippen MR) is 95.8 cm³/mol. The number of halogens is 2. The van der Waals surface area contributed by atoms with Crippen molar-refractivity contribution in [1.82, 2.24) is 9.55 Å². The normalized spacial score (nSPS) is 11.2. The number of nitrogens with zero attached hydrogens (tertiary/aromatic N) is 2. The lowest BCUT2D eigenvalue weighted by Crippen LogP contribution is -2.27. The zero-order chi connectivity index (χ0) is 18.3. The smallest absolute Gasteiger partial charge is 0.297 e. The lowest BCUT2D eigenvalue weighted by atomic mass is 10.2. The van der Waals surface area contributed by atoms with Crippen molar-refractivity contribution >= 4 is 45.3 Å². The van der Waals surface area contributed by atoms with Crippen molar-refractivity contribution in [2.75, 3.05) is 5.32 Å². The molecule has 26 heavy (non-hydrogen) atoms. The maximum Gasteiger partial charge on any atom is 0.297 e. The highest BCUT2D eigenvalue weighted by molar-refractivity contribution is 6.31. The summed E-state index contributed by atoms with van der Waals surface area (Å²) in [5.74, 6) is -1.33. The van der Waals surface area contributed by atoms with Crippen molar-refractivity contribution in [3.05, 3.63) is 70.0 Å². The maximum absolute atomic E-state index is 13.9. The number of para-hydroxylation sites is 1. The molecule has 0 unspecified atom stereocenters. The minimum Gasteiger partial charge on any atom is -0.448 e. The molecule has 130 valence electrons. The van der Waals surface area contributed by atoms with Gasteiger partial charge in [0.2, 0.25) is 11.5 Å². The van der Waals surface area contributed by atoms with E-state index < -0.39 is 17.3 Å². The van der Waals surface area contributed by atoms with Crippen LogP contribution in [0.2, 0.25) is 5.02 Å². The van der Waals surface area contributed by atoms with Gasteiger partial charge in [-0.3, -0.25) is 14.2 Å². The lowest BCUT2D eigenvalue weighted by molar-refractivity contribution is -0.116. The third kappa shape index (κ3) is 2.72. The number of aromatic nitrogens is 2. The van der Waals surface area contributed by atoms with Crippen LogP contribution in [0.15, 0.2) is 58.0 Å². The fourth-order valence-electron chi connectivity index (χ4n) is 2.67. The van der Waals surface area contributed by atoms with Crippen LogP contribution in [0.5, 0.6) is 0 Å². The van der Waals surface area contributed by atoms with Crippen LogP contribution in [0.3, 0.4) is 0 Å². The molecule has 0 saturated heterocycles. The number of hydrogen-bond acceptors (Lipinski definition) is 4. The minimum absolute atomic E-state index is 0.0617. The summed E-state index contributed by atoms with van der Waals surface area (Å²) in [6.45, 7) is -0.342. The summed E-state index contributed by atoms with van der Waals surface area (Å²) in [6, 6.07) is 11.4. The quantitative estimate of drug-likeness (QED) is 0.597. The molecule has 6 nitrogen and oxygen atoms in total. The summed E-state index contributed by atoms with van der Waals surface area (Å²) in [5, 5.41) is 3.00. The third-order valence-corrected chi connectivity index (χ3v) is 4.18. The first-order valence-corrected chi connectivity index (χ1v) is 8.03. The third-order valence-electron chi connectivity index (χ3n) is 3.89. The number of carbonyl (C=O) groups excluding carboxylic acids is 1. The molecule has 4 aromatic rings. The van der Waals surface area contributed by atoms with Gasteiger partial charge in [-0.05, 0) is 24.3 Å². The van der Waals surface area contributed by atoms with Gasteiger partial charge in [-0.15, -0.1) is 0 Å². The van der Waals surface area contributed by atoms with Crippen LogP contribution < -0.4 is 10.9 Å². The number of fused-ring (bicyclic) bond motifs is 3. The van der Waals surface area contributed by atoms with E-state index in [0.29, 0.717) is 11.1 Å². The maximum atomic E-state index is 13.9. The number of furan rings is 1. The number of rotatable bonds is 3. The average molecular weight is 372 g/mol. The van der Waals surface area contributed by atoms with E-state index in [0.717, 1.165) is 9.95 Å². The molecule has 0 aliphatic rings. The van der Waals surface area contributed by atoms with Crippen molar-refractivity contribution in [3.8, 4) is 0 Å². The monoisotopic (exact) mass is 371 g/mol. The van der Waals surface area contributed by atoms with Crippen LogP contribution in [0.1, 0.15) is 0 Å². The second-order valence-corrected chi connectivity index (χ2v) is 6.01. The summed E-state index contributed by atoms with van der Waals surface area (Å²) >= 11 is 5.68. The van der Waals surface area contributed by atoms with E-state index in [2.05, 4.69) is 10.3 Å². The van der Waals surface area contributed by atoms with Gasteiger partial charge < -0.3 is 9.73 Å². The SMILES string of the molecule is O=C(Cn1cnc2c(oc3ccccc32)c1=O)Nc1cccc(Cl)c1F. The van der Waals surface area contributed by atoms with E-state index in [9.17, 15) is 14.0 Å². The second kappa shape index (κ2) is 6.27. The minimum atomic E-state index is -0.735. The molecule has 0 saturated carbocycles.